The molecule has 2 aromatic rings. The molecule has 0 saturated carbocycles. The fourth-order valence-electron chi connectivity index (χ4n) is 2.89. The molecule has 0 aliphatic carbocycles. The van der Waals surface area contributed by atoms with E-state index >= 15 is 0 Å². The van der Waals surface area contributed by atoms with E-state index in [0.29, 0.717) is 13.1 Å². The van der Waals surface area contributed by atoms with Crippen molar-refractivity contribution in [2.24, 2.45) is 0 Å². The van der Waals surface area contributed by atoms with Gasteiger partial charge in [0.05, 0.1) is 26.2 Å². The van der Waals surface area contributed by atoms with Gasteiger partial charge in [0.25, 0.3) is 5.91 Å². The summed E-state index contributed by atoms with van der Waals surface area (Å²) in [6, 6.07) is 7.11. The van der Waals surface area contributed by atoms with Gasteiger partial charge in [-0.15, -0.1) is 0 Å². The van der Waals surface area contributed by atoms with E-state index in [1.165, 1.54) is 22.5 Å². The van der Waals surface area contributed by atoms with Gasteiger partial charge in [0.2, 0.25) is 10.0 Å². The smallest absolute Gasteiger partial charge is 0.340 e. The molecule has 1 heterocycles. The maximum absolute atomic E-state index is 13.1. The number of anilines is 1. The number of benzene rings is 2. The van der Waals surface area contributed by atoms with E-state index in [9.17, 15) is 22.4 Å². The fraction of sp³-hybridized carbons (Fsp3) is 0.263. The number of esters is 1. The van der Waals surface area contributed by atoms with E-state index in [4.69, 9.17) is 27.9 Å². The molecule has 0 bridgehead atoms. The molecule has 1 N–H and O–H groups in total. The van der Waals surface area contributed by atoms with Gasteiger partial charge in [-0.1, -0.05) is 23.2 Å². The number of carbonyl (C=O) groups excluding carboxylic acids is 2. The zero-order valence-corrected chi connectivity index (χ0v) is 17.9. The first-order chi connectivity index (χ1) is 14.2. The fourth-order valence-corrected chi connectivity index (χ4v) is 4.84. The molecule has 30 heavy (non-hydrogen) atoms. The second-order valence-electron chi connectivity index (χ2n) is 6.50. The molecule has 0 unspecified atom stereocenters. The van der Waals surface area contributed by atoms with Crippen LogP contribution in [0.2, 0.25) is 10.0 Å². The van der Waals surface area contributed by atoms with Gasteiger partial charge in [-0.25, -0.2) is 17.6 Å². The minimum Gasteiger partial charge on any atom is -0.452 e. The van der Waals surface area contributed by atoms with Crippen LogP contribution in [0.5, 0.6) is 0 Å². The lowest BCUT2D eigenvalue weighted by Gasteiger charge is -2.16. The van der Waals surface area contributed by atoms with Crippen LogP contribution in [0.15, 0.2) is 41.3 Å². The van der Waals surface area contributed by atoms with Crippen molar-refractivity contribution in [3.63, 3.8) is 0 Å². The SMILES string of the molecule is O=C(COC(=O)c1ccc(F)cc1Cl)Nc1cc(S(=O)(=O)N2CCCC2)ccc1Cl. The van der Waals surface area contributed by atoms with Crippen LogP contribution in [0.3, 0.4) is 0 Å². The number of sulfonamides is 1. The number of hydrogen-bond acceptors (Lipinski definition) is 5. The van der Waals surface area contributed by atoms with E-state index in [1.807, 2.05) is 0 Å². The average molecular weight is 475 g/mol. The Morgan fingerprint density at radius 3 is 2.43 bits per heavy atom. The number of nitrogens with zero attached hydrogens (tertiary/aromatic N) is 1. The Morgan fingerprint density at radius 1 is 1.07 bits per heavy atom. The molecule has 1 aliphatic rings. The third kappa shape index (κ3) is 5.10. The predicted octanol–water partition coefficient (Wildman–Crippen LogP) is 3.71. The molecule has 1 amide bonds. The Morgan fingerprint density at radius 2 is 1.77 bits per heavy atom. The van der Waals surface area contributed by atoms with Crippen molar-refractivity contribution >= 4 is 50.8 Å². The number of ether oxygens (including phenoxy) is 1. The molecule has 3 rings (SSSR count). The molecular weight excluding hydrogens is 458 g/mol. The minimum absolute atomic E-state index is 0.000751. The zero-order chi connectivity index (χ0) is 21.9. The second-order valence-corrected chi connectivity index (χ2v) is 9.25. The van der Waals surface area contributed by atoms with Crippen molar-refractivity contribution in [2.45, 2.75) is 17.7 Å². The van der Waals surface area contributed by atoms with Gasteiger partial charge in [0, 0.05) is 13.1 Å². The summed E-state index contributed by atoms with van der Waals surface area (Å²) in [6.07, 6.45) is 1.58. The predicted molar refractivity (Wildman–Crippen MR) is 110 cm³/mol. The van der Waals surface area contributed by atoms with Crippen LogP contribution < -0.4 is 5.32 Å². The highest BCUT2D eigenvalue weighted by atomic mass is 35.5. The van der Waals surface area contributed by atoms with Gasteiger partial charge in [-0.05, 0) is 49.2 Å². The summed E-state index contributed by atoms with van der Waals surface area (Å²) in [5, 5.41) is 2.39. The number of rotatable bonds is 6. The molecule has 0 aromatic heterocycles. The van der Waals surface area contributed by atoms with Crippen molar-refractivity contribution < 1.29 is 27.1 Å². The first-order valence-corrected chi connectivity index (χ1v) is 11.1. The van der Waals surface area contributed by atoms with Crippen LogP contribution in [0, 0.1) is 5.82 Å². The lowest BCUT2D eigenvalue weighted by Crippen LogP contribution is -2.28. The molecule has 0 radical (unpaired) electrons. The Kier molecular flexibility index (Phi) is 6.97. The summed E-state index contributed by atoms with van der Waals surface area (Å²) in [5.41, 5.74) is -0.0274. The molecule has 0 atom stereocenters. The highest BCUT2D eigenvalue weighted by Crippen LogP contribution is 2.28. The highest BCUT2D eigenvalue weighted by Gasteiger charge is 2.28. The number of hydrogen-bond donors (Lipinski definition) is 1. The zero-order valence-electron chi connectivity index (χ0n) is 15.5. The second kappa shape index (κ2) is 9.30. The Hall–Kier alpha value is -2.20. The Balaban J connectivity index is 1.67. The van der Waals surface area contributed by atoms with Crippen LogP contribution in [-0.2, 0) is 19.6 Å². The van der Waals surface area contributed by atoms with Gasteiger partial charge in [0.15, 0.2) is 6.61 Å². The lowest BCUT2D eigenvalue weighted by atomic mass is 10.2. The van der Waals surface area contributed by atoms with Crippen LogP contribution in [0.1, 0.15) is 23.2 Å². The minimum atomic E-state index is -3.69. The van der Waals surface area contributed by atoms with E-state index in [0.717, 1.165) is 31.0 Å². The normalized spacial score (nSPS) is 14.5. The molecule has 1 aliphatic heterocycles. The summed E-state index contributed by atoms with van der Waals surface area (Å²) in [6.45, 7) is 0.203. The summed E-state index contributed by atoms with van der Waals surface area (Å²) < 4.78 is 44.7. The molecule has 7 nitrogen and oxygen atoms in total. The molecule has 2 aromatic carbocycles. The van der Waals surface area contributed by atoms with E-state index in [1.54, 1.807) is 0 Å². The summed E-state index contributed by atoms with van der Waals surface area (Å²) in [4.78, 5) is 24.2. The largest absolute Gasteiger partial charge is 0.452 e. The van der Waals surface area contributed by atoms with Crippen LogP contribution in [0.25, 0.3) is 0 Å². The van der Waals surface area contributed by atoms with Gasteiger partial charge in [-0.3, -0.25) is 4.79 Å². The molecule has 11 heteroatoms. The van der Waals surface area contributed by atoms with Gasteiger partial charge in [0.1, 0.15) is 5.82 Å². The Bertz CT molecular complexity index is 1090. The number of carbonyl (C=O) groups is 2. The molecular formula is C19H17Cl2FN2O5S. The number of nitrogens with one attached hydrogen (secondary N) is 1. The van der Waals surface area contributed by atoms with Crippen LogP contribution >= 0.6 is 23.2 Å². The van der Waals surface area contributed by atoms with E-state index in [2.05, 4.69) is 5.32 Å². The van der Waals surface area contributed by atoms with Crippen molar-refractivity contribution in [1.29, 1.82) is 0 Å². The van der Waals surface area contributed by atoms with E-state index < -0.39 is 34.3 Å². The molecule has 0 spiro atoms. The third-order valence-corrected chi connectivity index (χ3v) is 6.94. The quantitative estimate of drug-likeness (QED) is 0.644. The average Bonchev–Trinajstić information content (AvgIpc) is 3.23. The summed E-state index contributed by atoms with van der Waals surface area (Å²) in [5.74, 6) is -2.27. The lowest BCUT2D eigenvalue weighted by molar-refractivity contribution is -0.119. The summed E-state index contributed by atoms with van der Waals surface area (Å²) >= 11 is 11.8. The maximum atomic E-state index is 13.1. The number of amides is 1. The van der Waals surface area contributed by atoms with E-state index in [-0.39, 0.29) is 26.2 Å². The highest BCUT2D eigenvalue weighted by molar-refractivity contribution is 7.89. The van der Waals surface area contributed by atoms with Gasteiger partial charge >= 0.3 is 5.97 Å². The Labute approximate surface area is 182 Å². The van der Waals surface area contributed by atoms with Crippen molar-refractivity contribution in [2.75, 3.05) is 25.0 Å². The van der Waals surface area contributed by atoms with Crippen molar-refractivity contribution in [1.82, 2.24) is 4.31 Å². The van der Waals surface area contributed by atoms with Gasteiger partial charge < -0.3 is 10.1 Å². The van der Waals surface area contributed by atoms with Crippen LogP contribution in [0.4, 0.5) is 10.1 Å². The monoisotopic (exact) mass is 474 g/mol. The standard InChI is InChI=1S/C19H17Cl2FN2O5S/c20-15-6-4-13(30(27,28)24-7-1-2-8-24)10-17(15)23-18(25)11-29-19(26)14-5-3-12(22)9-16(14)21/h3-6,9-10H,1-2,7-8,11H2,(H,23,25). The molecule has 160 valence electrons. The number of halogens is 3. The van der Waals surface area contributed by atoms with Crippen LogP contribution in [-0.4, -0.2) is 44.3 Å². The van der Waals surface area contributed by atoms with Crippen molar-refractivity contribution in [3.05, 3.63) is 57.8 Å². The maximum Gasteiger partial charge on any atom is 0.340 e. The van der Waals surface area contributed by atoms with Crippen molar-refractivity contribution in [3.8, 4) is 0 Å². The third-order valence-electron chi connectivity index (χ3n) is 4.40. The van der Waals surface area contributed by atoms with Gasteiger partial charge in [-0.2, -0.15) is 4.31 Å². The summed E-state index contributed by atoms with van der Waals surface area (Å²) in [7, 11) is -3.69. The topological polar surface area (TPSA) is 92.8 Å². The molecule has 1 fully saturated rings. The first-order valence-electron chi connectivity index (χ1n) is 8.90. The molecule has 1 saturated heterocycles. The first kappa shape index (κ1) is 22.5.